The van der Waals surface area contributed by atoms with Gasteiger partial charge in [-0.05, 0) is 59.7 Å². The second kappa shape index (κ2) is 9.24. The topological polar surface area (TPSA) is 40.5 Å². The van der Waals surface area contributed by atoms with Crippen LogP contribution in [0.15, 0.2) is 120 Å². The summed E-state index contributed by atoms with van der Waals surface area (Å²) in [5, 5.41) is 12.5. The Morgan fingerprint density at radius 1 is 0.800 bits per heavy atom. The minimum Gasteiger partial charge on any atom is -0.355 e. The molecule has 5 heteroatoms. The van der Waals surface area contributed by atoms with Crippen molar-refractivity contribution in [1.82, 2.24) is 4.98 Å². The lowest BCUT2D eigenvalue weighted by Gasteiger charge is -2.24. The lowest BCUT2D eigenvalue weighted by molar-refractivity contribution is 0.709. The van der Waals surface area contributed by atoms with E-state index in [9.17, 15) is 0 Å². The largest absolute Gasteiger partial charge is 0.355 e. The van der Waals surface area contributed by atoms with Gasteiger partial charge in [-0.1, -0.05) is 72.3 Å². The van der Waals surface area contributed by atoms with Crippen LogP contribution in [0.4, 0.5) is 17.1 Å². The van der Waals surface area contributed by atoms with E-state index in [1.165, 1.54) is 5.56 Å². The molecule has 6 rings (SSSR count). The van der Waals surface area contributed by atoms with Crippen molar-refractivity contribution in [1.29, 1.82) is 0 Å². The number of fused-ring (bicyclic) bond motifs is 1. The van der Waals surface area contributed by atoms with Gasteiger partial charge in [0, 0.05) is 34.4 Å². The number of benzene rings is 4. The molecule has 0 saturated heterocycles. The molecule has 0 bridgehead atoms. The first kappa shape index (κ1) is 21.4. The zero-order valence-electron chi connectivity index (χ0n) is 19.0. The first-order valence-electron chi connectivity index (χ1n) is 11.6. The summed E-state index contributed by atoms with van der Waals surface area (Å²) >= 11 is 6.17. The van der Waals surface area contributed by atoms with Gasteiger partial charge in [-0.15, -0.1) is 0 Å². The number of rotatable bonds is 5. The molecule has 1 unspecified atom stereocenters. The monoisotopic (exact) mass is 474 g/mol. The molecule has 1 N–H and O–H groups in total. The van der Waals surface area contributed by atoms with Crippen molar-refractivity contribution < 1.29 is 0 Å². The third-order valence-corrected chi connectivity index (χ3v) is 6.53. The highest BCUT2D eigenvalue weighted by Crippen LogP contribution is 2.38. The molecule has 0 fully saturated rings. The number of aromatic nitrogens is 1. The molecule has 4 aromatic carbocycles. The van der Waals surface area contributed by atoms with E-state index in [1.807, 2.05) is 36.4 Å². The van der Waals surface area contributed by atoms with Crippen molar-refractivity contribution in [3.63, 3.8) is 0 Å². The maximum Gasteiger partial charge on any atom is 0.0832 e. The number of para-hydroxylation sites is 1. The zero-order chi connectivity index (χ0) is 23.6. The van der Waals surface area contributed by atoms with E-state index in [4.69, 9.17) is 16.7 Å². The van der Waals surface area contributed by atoms with Gasteiger partial charge < -0.3 is 5.32 Å². The van der Waals surface area contributed by atoms with Gasteiger partial charge in [0.25, 0.3) is 0 Å². The van der Waals surface area contributed by atoms with Crippen LogP contribution in [0.2, 0.25) is 5.02 Å². The standard InChI is InChI=1S/C30H23ClN4/c31-23-14-15-26-27(16-17-32-29(26)19-23)33-24-11-7-10-22(18-24)30-20-28(21-8-3-1-4-9-21)34-35(30)25-12-5-2-6-13-25/h1-19,30H,20H2,(H,32,33). The van der Waals surface area contributed by atoms with Crippen molar-refractivity contribution in [3.05, 3.63) is 132 Å². The first-order chi connectivity index (χ1) is 17.2. The second-order valence-corrected chi connectivity index (χ2v) is 9.02. The highest BCUT2D eigenvalue weighted by Gasteiger charge is 2.30. The summed E-state index contributed by atoms with van der Waals surface area (Å²) in [6, 6.07) is 37.3. The van der Waals surface area contributed by atoms with Gasteiger partial charge in [0.1, 0.15) is 0 Å². The normalized spacial score (nSPS) is 15.3. The Bertz CT molecular complexity index is 1520. The molecule has 5 aromatic rings. The van der Waals surface area contributed by atoms with Crippen molar-refractivity contribution in [2.24, 2.45) is 5.10 Å². The number of pyridine rings is 1. The Morgan fingerprint density at radius 3 is 2.43 bits per heavy atom. The average molecular weight is 475 g/mol. The molecule has 35 heavy (non-hydrogen) atoms. The Hall–Kier alpha value is -4.15. The SMILES string of the molecule is Clc1ccc2c(Nc3cccc(C4CC(c5ccccc5)=NN4c4ccccc4)c3)ccnc2c1. The molecular weight excluding hydrogens is 452 g/mol. The summed E-state index contributed by atoms with van der Waals surface area (Å²) in [5.74, 6) is 0. The molecule has 1 aromatic heterocycles. The van der Waals surface area contributed by atoms with E-state index in [1.54, 1.807) is 6.20 Å². The summed E-state index contributed by atoms with van der Waals surface area (Å²) in [6.45, 7) is 0. The van der Waals surface area contributed by atoms with Gasteiger partial charge in [-0.2, -0.15) is 5.10 Å². The molecule has 0 saturated carbocycles. The van der Waals surface area contributed by atoms with Crippen LogP contribution in [0.1, 0.15) is 23.6 Å². The summed E-state index contributed by atoms with van der Waals surface area (Å²) < 4.78 is 0. The molecule has 2 heterocycles. The Kier molecular flexibility index (Phi) is 5.65. The molecule has 4 nitrogen and oxygen atoms in total. The Balaban J connectivity index is 1.35. The van der Waals surface area contributed by atoms with Gasteiger partial charge in [-0.25, -0.2) is 0 Å². The quantitative estimate of drug-likeness (QED) is 0.280. The fourth-order valence-electron chi connectivity index (χ4n) is 4.60. The number of hydrogen-bond donors (Lipinski definition) is 1. The fourth-order valence-corrected chi connectivity index (χ4v) is 4.77. The van der Waals surface area contributed by atoms with Crippen LogP contribution in [0.3, 0.4) is 0 Å². The molecular formula is C30H23ClN4. The van der Waals surface area contributed by atoms with Crippen molar-refractivity contribution in [2.75, 3.05) is 10.3 Å². The fraction of sp³-hybridized carbons (Fsp3) is 0.0667. The maximum absolute atomic E-state index is 6.17. The Morgan fingerprint density at radius 2 is 1.60 bits per heavy atom. The van der Waals surface area contributed by atoms with Gasteiger partial charge in [-0.3, -0.25) is 9.99 Å². The van der Waals surface area contributed by atoms with Crippen molar-refractivity contribution in [3.8, 4) is 0 Å². The van der Waals surface area contributed by atoms with E-state index in [0.29, 0.717) is 5.02 Å². The van der Waals surface area contributed by atoms with Crippen LogP contribution in [-0.4, -0.2) is 10.7 Å². The number of anilines is 3. The van der Waals surface area contributed by atoms with Crippen LogP contribution in [0, 0.1) is 0 Å². The molecule has 0 radical (unpaired) electrons. The molecule has 0 amide bonds. The van der Waals surface area contributed by atoms with E-state index in [2.05, 4.69) is 88.1 Å². The minimum absolute atomic E-state index is 0.0994. The van der Waals surface area contributed by atoms with Crippen LogP contribution in [-0.2, 0) is 0 Å². The van der Waals surface area contributed by atoms with Gasteiger partial charge >= 0.3 is 0 Å². The number of nitrogens with zero attached hydrogens (tertiary/aromatic N) is 3. The van der Waals surface area contributed by atoms with Crippen LogP contribution >= 0.6 is 11.6 Å². The third-order valence-electron chi connectivity index (χ3n) is 6.29. The van der Waals surface area contributed by atoms with E-state index in [-0.39, 0.29) is 6.04 Å². The van der Waals surface area contributed by atoms with Crippen LogP contribution in [0.5, 0.6) is 0 Å². The highest BCUT2D eigenvalue weighted by molar-refractivity contribution is 6.31. The Labute approximate surface area is 209 Å². The predicted molar refractivity (Wildman–Crippen MR) is 146 cm³/mol. The van der Waals surface area contributed by atoms with E-state index >= 15 is 0 Å². The number of nitrogens with one attached hydrogen (secondary N) is 1. The molecule has 0 aliphatic carbocycles. The van der Waals surface area contributed by atoms with Gasteiger partial charge in [0.15, 0.2) is 0 Å². The van der Waals surface area contributed by atoms with Crippen LogP contribution in [0.25, 0.3) is 10.9 Å². The molecule has 1 atom stereocenters. The number of hydrazone groups is 1. The molecule has 1 aliphatic rings. The number of hydrogen-bond acceptors (Lipinski definition) is 4. The summed E-state index contributed by atoms with van der Waals surface area (Å²) in [4.78, 5) is 4.46. The summed E-state index contributed by atoms with van der Waals surface area (Å²) in [7, 11) is 0. The summed E-state index contributed by atoms with van der Waals surface area (Å²) in [5.41, 5.74) is 7.42. The molecule has 1 aliphatic heterocycles. The zero-order valence-corrected chi connectivity index (χ0v) is 19.7. The third kappa shape index (κ3) is 4.36. The van der Waals surface area contributed by atoms with Crippen molar-refractivity contribution in [2.45, 2.75) is 12.5 Å². The lowest BCUT2D eigenvalue weighted by atomic mass is 9.97. The summed E-state index contributed by atoms with van der Waals surface area (Å²) in [6.07, 6.45) is 2.64. The second-order valence-electron chi connectivity index (χ2n) is 8.58. The van der Waals surface area contributed by atoms with E-state index in [0.717, 1.165) is 45.7 Å². The van der Waals surface area contributed by atoms with Crippen LogP contribution < -0.4 is 10.3 Å². The predicted octanol–water partition coefficient (Wildman–Crippen LogP) is 7.99. The van der Waals surface area contributed by atoms with Gasteiger partial charge in [0.2, 0.25) is 0 Å². The maximum atomic E-state index is 6.17. The van der Waals surface area contributed by atoms with E-state index < -0.39 is 0 Å². The lowest BCUT2D eigenvalue weighted by Crippen LogP contribution is -2.18. The molecule has 170 valence electrons. The molecule has 0 spiro atoms. The van der Waals surface area contributed by atoms with Gasteiger partial charge in [0.05, 0.1) is 23.0 Å². The first-order valence-corrected chi connectivity index (χ1v) is 12.0. The smallest absolute Gasteiger partial charge is 0.0832 e. The highest BCUT2D eigenvalue weighted by atomic mass is 35.5. The minimum atomic E-state index is 0.0994. The number of halogens is 1. The average Bonchev–Trinajstić information content (AvgIpc) is 3.36. The van der Waals surface area contributed by atoms with Crippen molar-refractivity contribution >= 4 is 45.3 Å².